The van der Waals surface area contributed by atoms with Crippen LogP contribution in [0.1, 0.15) is 65.9 Å². The number of hydrogen-bond acceptors (Lipinski definition) is 7. The molecule has 1 aliphatic carbocycles. The number of nitriles is 1. The Labute approximate surface area is 267 Å². The predicted molar refractivity (Wildman–Crippen MR) is 160 cm³/mol. The summed E-state index contributed by atoms with van der Waals surface area (Å²) in [4.78, 5) is 10.6. The summed E-state index contributed by atoms with van der Waals surface area (Å²) in [6.45, 7) is 2.27. The Morgan fingerprint density at radius 3 is 2.61 bits per heavy atom. The molecule has 0 amide bonds. The highest BCUT2D eigenvalue weighted by atomic mass is 35.5. The molecule has 0 spiro atoms. The maximum Gasteiger partial charge on any atom is 0.451 e. The van der Waals surface area contributed by atoms with E-state index in [-0.39, 0.29) is 18.3 Å². The van der Waals surface area contributed by atoms with Gasteiger partial charge in [-0.3, -0.25) is 15.0 Å². The summed E-state index contributed by atoms with van der Waals surface area (Å²) in [5, 5.41) is 15.8. The first-order chi connectivity index (χ1) is 22.1. The number of pyridine rings is 1. The van der Waals surface area contributed by atoms with Gasteiger partial charge in [-0.05, 0) is 80.9 Å². The van der Waals surface area contributed by atoms with Crippen molar-refractivity contribution in [3.8, 4) is 29.0 Å². The summed E-state index contributed by atoms with van der Waals surface area (Å²) in [6.07, 6.45) is -0.0465. The second kappa shape index (κ2) is 11.9. The van der Waals surface area contributed by atoms with E-state index in [0.29, 0.717) is 40.6 Å². The minimum absolute atomic E-state index is 0.0892. The van der Waals surface area contributed by atoms with E-state index < -0.39 is 29.3 Å². The van der Waals surface area contributed by atoms with Gasteiger partial charge in [0.15, 0.2) is 23.4 Å². The Hall–Kier alpha value is -4.21. The van der Waals surface area contributed by atoms with E-state index in [4.69, 9.17) is 21.1 Å². The molecule has 1 saturated carbocycles. The molecule has 1 unspecified atom stereocenters. The Kier molecular flexibility index (Phi) is 7.85. The van der Waals surface area contributed by atoms with Crippen LogP contribution in [-0.2, 0) is 19.1 Å². The average molecular weight is 653 g/mol. The highest BCUT2D eigenvalue weighted by Gasteiger charge is 2.44. The predicted octanol–water partition coefficient (Wildman–Crippen LogP) is 7.42. The molecule has 3 aliphatic rings. The summed E-state index contributed by atoms with van der Waals surface area (Å²) >= 11 is 5.95. The van der Waals surface area contributed by atoms with Gasteiger partial charge in [-0.15, -0.1) is 0 Å². The quantitative estimate of drug-likeness (QED) is 0.208. The van der Waals surface area contributed by atoms with Gasteiger partial charge in [0.2, 0.25) is 5.82 Å². The molecule has 238 valence electrons. The summed E-state index contributed by atoms with van der Waals surface area (Å²) in [5.41, 5.74) is 2.92. The number of alkyl halides is 3. The molecule has 2 fully saturated rings. The van der Waals surface area contributed by atoms with Crippen molar-refractivity contribution in [3.63, 3.8) is 0 Å². The van der Waals surface area contributed by atoms with E-state index in [1.54, 1.807) is 18.2 Å². The minimum atomic E-state index is -4.64. The monoisotopic (exact) mass is 652 g/mol. The zero-order chi connectivity index (χ0) is 32.1. The van der Waals surface area contributed by atoms with Crippen LogP contribution >= 0.6 is 11.6 Å². The number of aromatic amines is 1. The van der Waals surface area contributed by atoms with Gasteiger partial charge >= 0.3 is 6.18 Å². The Bertz CT molecular complexity index is 1810. The molecule has 13 heteroatoms. The third-order valence-electron chi connectivity index (χ3n) is 9.06. The van der Waals surface area contributed by atoms with Crippen molar-refractivity contribution in [3.05, 3.63) is 87.7 Å². The lowest BCUT2D eigenvalue weighted by Crippen LogP contribution is -2.33. The number of H-pyrrole nitrogens is 1. The van der Waals surface area contributed by atoms with Gasteiger partial charge in [0, 0.05) is 34.5 Å². The highest BCUT2D eigenvalue weighted by molar-refractivity contribution is 6.30. The van der Waals surface area contributed by atoms with E-state index in [1.807, 2.05) is 23.3 Å². The fourth-order valence-electron chi connectivity index (χ4n) is 6.28. The summed E-state index contributed by atoms with van der Waals surface area (Å²) in [5.74, 6) is -0.229. The van der Waals surface area contributed by atoms with E-state index in [0.717, 1.165) is 55.6 Å². The molecule has 1 saturated heterocycles. The van der Waals surface area contributed by atoms with Crippen molar-refractivity contribution in [2.24, 2.45) is 5.41 Å². The largest absolute Gasteiger partial charge is 0.485 e. The van der Waals surface area contributed by atoms with Crippen LogP contribution in [0.25, 0.3) is 11.4 Å². The van der Waals surface area contributed by atoms with Gasteiger partial charge in [0.05, 0.1) is 17.2 Å². The number of nitrogens with one attached hydrogen (secondary N) is 1. The molecule has 46 heavy (non-hydrogen) atoms. The first-order valence-electron chi connectivity index (χ1n) is 15.1. The molecule has 2 aromatic heterocycles. The molecular weight excluding hydrogens is 624 g/mol. The van der Waals surface area contributed by atoms with Crippen LogP contribution in [0.3, 0.4) is 0 Å². The van der Waals surface area contributed by atoms with Gasteiger partial charge in [-0.2, -0.15) is 23.5 Å². The van der Waals surface area contributed by atoms with Gasteiger partial charge in [0.25, 0.3) is 0 Å². The lowest BCUT2D eigenvalue weighted by molar-refractivity contribution is -0.144. The molecule has 1 atom stereocenters. The van der Waals surface area contributed by atoms with Crippen LogP contribution in [0.15, 0.2) is 48.7 Å². The molecule has 4 aromatic rings. The maximum absolute atomic E-state index is 14.7. The van der Waals surface area contributed by atoms with Crippen molar-refractivity contribution in [1.29, 1.82) is 5.26 Å². The molecule has 7 rings (SSSR count). The van der Waals surface area contributed by atoms with Gasteiger partial charge in [-0.1, -0.05) is 29.8 Å². The van der Waals surface area contributed by atoms with E-state index >= 15 is 0 Å². The van der Waals surface area contributed by atoms with E-state index in [1.165, 1.54) is 12.3 Å². The molecule has 1 N–H and O–H groups in total. The summed E-state index contributed by atoms with van der Waals surface area (Å²) in [7, 11) is 0. The number of piperidine rings is 1. The topological polar surface area (TPSA) is 100.0 Å². The number of para-hydroxylation sites is 1. The SMILES string of the molecule is N#CC1(Cc2cc(-c3n[nH]c(C(F)(F)F)n3)cnc2CN2CCC(c3cccc4c3OC(c3ccc(Cl)cc3F)CO4)CC2)CC1. The van der Waals surface area contributed by atoms with Gasteiger partial charge in [0.1, 0.15) is 12.4 Å². The van der Waals surface area contributed by atoms with Crippen molar-refractivity contribution < 1.29 is 27.0 Å². The first-order valence-corrected chi connectivity index (χ1v) is 15.5. The number of fused-ring (bicyclic) bond motifs is 1. The summed E-state index contributed by atoms with van der Waals surface area (Å²) in [6, 6.07) is 14.5. The van der Waals surface area contributed by atoms with E-state index in [2.05, 4.69) is 26.0 Å². The van der Waals surface area contributed by atoms with Crippen molar-refractivity contribution in [1.82, 2.24) is 25.1 Å². The van der Waals surface area contributed by atoms with Crippen LogP contribution < -0.4 is 9.47 Å². The normalized spacial score (nSPS) is 19.5. The molecule has 4 heterocycles. The second-order valence-electron chi connectivity index (χ2n) is 12.2. The standard InChI is InChI=1S/C33H29ClF4N6O2/c34-22-4-5-24(25(35)13-22)28-17-45-27-3-1-2-23(29(27)46-28)19-6-10-44(11-7-19)16-26-20(14-32(18-39)8-9-32)12-21(15-40-26)30-41-31(43-42-30)33(36,37)38/h1-5,12-13,15,19,28H,6-11,14,16-17H2,(H,41,42,43). The smallest absolute Gasteiger partial charge is 0.451 e. The molecule has 2 aromatic carbocycles. The molecule has 8 nitrogen and oxygen atoms in total. The van der Waals surface area contributed by atoms with Crippen molar-refractivity contribution in [2.45, 2.75) is 56.8 Å². The number of aromatic nitrogens is 4. The molecular formula is C33H29ClF4N6O2. The number of likely N-dealkylation sites (tertiary alicyclic amines) is 1. The Balaban J connectivity index is 1.06. The number of hydrogen-bond donors (Lipinski definition) is 1. The van der Waals surface area contributed by atoms with Crippen LogP contribution in [0.5, 0.6) is 11.5 Å². The zero-order valence-corrected chi connectivity index (χ0v) is 25.3. The van der Waals surface area contributed by atoms with Crippen LogP contribution in [-0.4, -0.2) is 44.8 Å². The fraction of sp³-hybridized carbons (Fsp3) is 0.394. The Morgan fingerprint density at radius 2 is 1.91 bits per heavy atom. The lowest BCUT2D eigenvalue weighted by atomic mass is 9.88. The van der Waals surface area contributed by atoms with Crippen molar-refractivity contribution >= 4 is 11.6 Å². The first kappa shape index (κ1) is 30.4. The van der Waals surface area contributed by atoms with E-state index in [9.17, 15) is 22.8 Å². The number of rotatable bonds is 7. The van der Waals surface area contributed by atoms with Gasteiger partial charge in [-0.25, -0.2) is 9.37 Å². The van der Waals surface area contributed by atoms with Crippen LogP contribution in [0.4, 0.5) is 17.6 Å². The second-order valence-corrected chi connectivity index (χ2v) is 12.6. The number of nitrogens with zero attached hydrogens (tertiary/aromatic N) is 5. The number of ether oxygens (including phenoxy) is 2. The zero-order valence-electron chi connectivity index (χ0n) is 24.6. The molecule has 0 radical (unpaired) electrons. The lowest BCUT2D eigenvalue weighted by Gasteiger charge is -2.35. The molecule has 0 bridgehead atoms. The minimum Gasteiger partial charge on any atom is -0.485 e. The number of halogens is 5. The Morgan fingerprint density at radius 1 is 1.11 bits per heavy atom. The summed E-state index contributed by atoms with van der Waals surface area (Å²) < 4.78 is 66.4. The fourth-order valence-corrected chi connectivity index (χ4v) is 6.44. The molecule has 2 aliphatic heterocycles. The average Bonchev–Trinajstić information content (AvgIpc) is 3.62. The third-order valence-corrected chi connectivity index (χ3v) is 9.30. The van der Waals surface area contributed by atoms with Crippen molar-refractivity contribution in [2.75, 3.05) is 19.7 Å². The van der Waals surface area contributed by atoms with Crippen LogP contribution in [0, 0.1) is 22.6 Å². The number of benzene rings is 2. The maximum atomic E-state index is 14.7. The van der Waals surface area contributed by atoms with Crippen LogP contribution in [0.2, 0.25) is 5.02 Å². The van der Waals surface area contributed by atoms with Gasteiger partial charge < -0.3 is 9.47 Å². The highest BCUT2D eigenvalue weighted by Crippen LogP contribution is 2.49. The third kappa shape index (κ3) is 6.13.